The van der Waals surface area contributed by atoms with Gasteiger partial charge in [-0.15, -0.1) is 0 Å². The number of nitrogens with two attached hydrogens (primary N) is 1. The highest BCUT2D eigenvalue weighted by Gasteiger charge is 2.46. The van der Waals surface area contributed by atoms with Crippen molar-refractivity contribution in [1.82, 2.24) is 15.3 Å². The molecule has 2 rings (SSSR count). The van der Waals surface area contributed by atoms with E-state index >= 15 is 0 Å². The Labute approximate surface area is 191 Å². The summed E-state index contributed by atoms with van der Waals surface area (Å²) < 4.78 is 50.5. The van der Waals surface area contributed by atoms with Crippen LogP contribution in [-0.4, -0.2) is 89.7 Å². The number of phosphoric ester groups is 1. The summed E-state index contributed by atoms with van der Waals surface area (Å²) in [6.45, 7) is 0.736. The molecule has 0 aliphatic carbocycles. The van der Waals surface area contributed by atoms with E-state index in [1.54, 1.807) is 6.92 Å². The van der Waals surface area contributed by atoms with Crippen molar-refractivity contribution in [1.29, 1.82) is 0 Å². The molecule has 194 valence electrons. The summed E-state index contributed by atoms with van der Waals surface area (Å²) in [5.41, 5.74) is 6.88. The molecule has 1 fully saturated rings. The summed E-state index contributed by atoms with van der Waals surface area (Å²) in [7, 11) is -15.3. The van der Waals surface area contributed by atoms with E-state index in [9.17, 15) is 28.8 Å². The predicted octanol–water partition coefficient (Wildman–Crippen LogP) is -2.21. The number of aliphatic hydroxyl groups is 2. The molecule has 0 spiro atoms. The highest BCUT2D eigenvalue weighted by Crippen LogP contribution is 2.66. The summed E-state index contributed by atoms with van der Waals surface area (Å²) in [5.74, 6) is -0.0787. The van der Waals surface area contributed by atoms with Crippen molar-refractivity contribution in [3.8, 4) is 0 Å². The van der Waals surface area contributed by atoms with Crippen LogP contribution in [0.25, 0.3) is 0 Å². The van der Waals surface area contributed by atoms with Crippen LogP contribution >= 0.6 is 23.5 Å². The van der Waals surface area contributed by atoms with Crippen LogP contribution in [0, 0.1) is 6.92 Å². The number of aromatic nitrogens is 2. The highest BCUT2D eigenvalue weighted by molar-refractivity contribution is 7.66. The molecule has 22 heteroatoms. The first kappa shape index (κ1) is 28.7. The molecule has 1 aliphatic rings. The molecule has 0 saturated carbocycles. The second-order valence-corrected chi connectivity index (χ2v) is 10.9. The van der Waals surface area contributed by atoms with Crippen LogP contribution in [0.5, 0.6) is 0 Å². The fourth-order valence-corrected chi connectivity index (χ4v) is 5.58. The van der Waals surface area contributed by atoms with Gasteiger partial charge in [-0.05, 0) is 6.92 Å². The number of ether oxygens (including phenoxy) is 1. The first-order chi connectivity index (χ1) is 15.5. The van der Waals surface area contributed by atoms with Crippen LogP contribution in [0.4, 0.5) is 0 Å². The molecule has 2 heterocycles. The number of hydrogen-bond donors (Lipinski definition) is 9. The molecule has 1 aromatic heterocycles. The molecule has 34 heavy (non-hydrogen) atoms. The molecule has 1 aromatic rings. The second-order valence-electron chi connectivity index (χ2n) is 6.52. The minimum atomic E-state index is -5.72. The standard InChI is InChI=1S/C12H23N6O13P3/c1-5-7(16-4-15-5)10(14-2)17-12(13)18-11-9(20)8(19)6(29-11)3-28-33(24,25)31-34(26,27)30-32(21,22)23/h4,6,8-9,11,19-20H,3H2,1-2H3,(H,15,16)(H,24,25)(H,26,27)(H2,21,22,23)(H3,13,14,17,18)/t6-,8?,9+,11-/m1/s1. The average Bonchev–Trinajstić information content (AvgIpc) is 3.20. The minimum Gasteiger partial charge on any atom is -0.387 e. The topological polar surface area (TPSA) is 301 Å². The van der Waals surface area contributed by atoms with Crippen LogP contribution in [0.3, 0.4) is 0 Å². The molecule has 0 radical (unpaired) electrons. The molecular formula is C12H23N6O13P3. The quantitative estimate of drug-likeness (QED) is 0.0891. The number of aryl methyl sites for hydroxylation is 1. The number of nitrogens with one attached hydrogen (secondary N) is 2. The number of phosphoric acid groups is 3. The van der Waals surface area contributed by atoms with Gasteiger partial charge in [0.2, 0.25) is 0 Å². The van der Waals surface area contributed by atoms with Gasteiger partial charge in [0.25, 0.3) is 0 Å². The molecule has 1 aliphatic heterocycles. The molecule has 0 bridgehead atoms. The van der Waals surface area contributed by atoms with Crippen molar-refractivity contribution in [3.63, 3.8) is 0 Å². The third kappa shape index (κ3) is 8.28. The fraction of sp³-hybridized carbons (Fsp3) is 0.583. The average molecular weight is 552 g/mol. The van der Waals surface area contributed by atoms with Crippen LogP contribution in [0.15, 0.2) is 16.3 Å². The molecular weight excluding hydrogens is 529 g/mol. The highest BCUT2D eigenvalue weighted by atomic mass is 31.3. The zero-order chi connectivity index (χ0) is 25.9. The van der Waals surface area contributed by atoms with Gasteiger partial charge in [-0.3, -0.25) is 9.52 Å². The number of aliphatic hydroxyl groups excluding tert-OH is 2. The first-order valence-corrected chi connectivity index (χ1v) is 13.4. The third-order valence-electron chi connectivity index (χ3n) is 3.95. The third-order valence-corrected chi connectivity index (χ3v) is 7.75. The van der Waals surface area contributed by atoms with Crippen LogP contribution in [0.2, 0.25) is 0 Å². The largest absolute Gasteiger partial charge is 0.490 e. The van der Waals surface area contributed by atoms with Gasteiger partial charge in [-0.1, -0.05) is 0 Å². The summed E-state index contributed by atoms with van der Waals surface area (Å²) >= 11 is 0. The number of guanidine groups is 1. The Morgan fingerprint density at radius 2 is 1.85 bits per heavy atom. The molecule has 3 unspecified atom stereocenters. The lowest BCUT2D eigenvalue weighted by Crippen LogP contribution is -2.40. The maximum Gasteiger partial charge on any atom is 0.490 e. The lowest BCUT2D eigenvalue weighted by atomic mass is 10.1. The Bertz CT molecular complexity index is 1070. The SMILES string of the molecule is CN=C(NC(N)=N[C@@H]1O[C@H](COP(=O)(O)OP(=O)(O)OP(=O)(O)O)C(O)[C@@H]1O)c1nc[nH]c1C. The van der Waals surface area contributed by atoms with E-state index in [-0.39, 0.29) is 11.8 Å². The van der Waals surface area contributed by atoms with Crippen LogP contribution in [-0.2, 0) is 31.6 Å². The maximum atomic E-state index is 11.8. The second kappa shape index (κ2) is 11.0. The summed E-state index contributed by atoms with van der Waals surface area (Å²) in [6.07, 6.45) is -4.96. The monoisotopic (exact) mass is 552 g/mol. The van der Waals surface area contributed by atoms with Gasteiger partial charge in [0.05, 0.1) is 12.9 Å². The number of nitrogens with zero attached hydrogens (tertiary/aromatic N) is 3. The smallest absolute Gasteiger partial charge is 0.387 e. The van der Waals surface area contributed by atoms with E-state index in [2.05, 4.69) is 38.4 Å². The number of H-pyrrole nitrogens is 1. The molecule has 0 amide bonds. The fourth-order valence-electron chi connectivity index (χ4n) is 2.55. The Hall–Kier alpha value is -1.56. The van der Waals surface area contributed by atoms with Crippen molar-refractivity contribution in [3.05, 3.63) is 17.7 Å². The number of imidazole rings is 1. The van der Waals surface area contributed by atoms with Crippen molar-refractivity contribution < 1.29 is 61.4 Å². The Kier molecular flexibility index (Phi) is 9.29. The van der Waals surface area contributed by atoms with E-state index in [0.29, 0.717) is 11.4 Å². The summed E-state index contributed by atoms with van der Waals surface area (Å²) in [4.78, 5) is 50.3. The Balaban J connectivity index is 2.00. The first-order valence-electron chi connectivity index (χ1n) is 8.91. The van der Waals surface area contributed by atoms with Gasteiger partial charge < -0.3 is 50.6 Å². The predicted molar refractivity (Wildman–Crippen MR) is 111 cm³/mol. The number of rotatable bonds is 9. The van der Waals surface area contributed by atoms with Crippen LogP contribution < -0.4 is 11.1 Å². The number of aliphatic imine (C=N–C) groups is 2. The number of aromatic amines is 1. The van der Waals surface area contributed by atoms with Gasteiger partial charge in [0, 0.05) is 12.7 Å². The zero-order valence-electron chi connectivity index (χ0n) is 17.4. The molecule has 1 saturated heterocycles. The van der Waals surface area contributed by atoms with E-state index in [4.69, 9.17) is 25.2 Å². The molecule has 0 aromatic carbocycles. The van der Waals surface area contributed by atoms with Gasteiger partial charge in [0.15, 0.2) is 18.0 Å². The normalized spacial score (nSPS) is 27.9. The minimum absolute atomic E-state index is 0.220. The Morgan fingerprint density at radius 3 is 2.38 bits per heavy atom. The van der Waals surface area contributed by atoms with E-state index in [0.717, 1.165) is 0 Å². The van der Waals surface area contributed by atoms with Gasteiger partial charge >= 0.3 is 23.5 Å². The molecule has 6 atom stereocenters. The van der Waals surface area contributed by atoms with E-state index < -0.39 is 54.6 Å². The van der Waals surface area contributed by atoms with Gasteiger partial charge in [-0.2, -0.15) is 8.62 Å². The number of amidine groups is 1. The van der Waals surface area contributed by atoms with E-state index in [1.165, 1.54) is 13.4 Å². The summed E-state index contributed by atoms with van der Waals surface area (Å²) in [6, 6.07) is 0. The maximum absolute atomic E-state index is 11.8. The van der Waals surface area contributed by atoms with Crippen molar-refractivity contribution in [2.45, 2.75) is 31.5 Å². The van der Waals surface area contributed by atoms with Crippen molar-refractivity contribution in [2.75, 3.05) is 13.7 Å². The van der Waals surface area contributed by atoms with Crippen molar-refractivity contribution in [2.24, 2.45) is 15.7 Å². The lowest BCUT2D eigenvalue weighted by Gasteiger charge is -2.18. The van der Waals surface area contributed by atoms with Crippen LogP contribution in [0.1, 0.15) is 11.4 Å². The van der Waals surface area contributed by atoms with E-state index in [1.807, 2.05) is 0 Å². The lowest BCUT2D eigenvalue weighted by molar-refractivity contribution is -0.0190. The molecule has 19 nitrogen and oxygen atoms in total. The number of hydrogen-bond acceptors (Lipinski definition) is 12. The Morgan fingerprint density at radius 1 is 1.21 bits per heavy atom. The van der Waals surface area contributed by atoms with Gasteiger partial charge in [0.1, 0.15) is 24.0 Å². The van der Waals surface area contributed by atoms with Crippen molar-refractivity contribution >= 4 is 35.3 Å². The zero-order valence-corrected chi connectivity index (χ0v) is 20.1. The molecule has 10 N–H and O–H groups in total. The van der Waals surface area contributed by atoms with Gasteiger partial charge in [-0.25, -0.2) is 23.7 Å². The summed E-state index contributed by atoms with van der Waals surface area (Å²) in [5, 5.41) is 22.8.